The highest BCUT2D eigenvalue weighted by molar-refractivity contribution is 7.90. The van der Waals surface area contributed by atoms with Crippen molar-refractivity contribution >= 4 is 15.9 Å². The molecule has 0 amide bonds. The summed E-state index contributed by atoms with van der Waals surface area (Å²) in [4.78, 5) is 7.49. The molecule has 2 aliphatic heterocycles. The Labute approximate surface area is 138 Å². The van der Waals surface area contributed by atoms with Crippen LogP contribution < -0.4 is 4.72 Å². The van der Waals surface area contributed by atoms with Crippen molar-refractivity contribution in [3.8, 4) is 0 Å². The third kappa shape index (κ3) is 3.58. The van der Waals surface area contributed by atoms with Crippen LogP contribution in [-0.2, 0) is 10.0 Å². The van der Waals surface area contributed by atoms with Gasteiger partial charge in [-0.15, -0.1) is 0 Å². The third-order valence-electron chi connectivity index (χ3n) is 4.67. The molecule has 1 fully saturated rings. The van der Waals surface area contributed by atoms with Crippen molar-refractivity contribution in [2.45, 2.75) is 50.0 Å². The maximum Gasteiger partial charge on any atom is 0.263 e. The van der Waals surface area contributed by atoms with E-state index in [2.05, 4.69) is 21.5 Å². The molecule has 0 radical (unpaired) electrons. The number of hydrogen-bond acceptors (Lipinski definition) is 4. The van der Waals surface area contributed by atoms with E-state index >= 15 is 0 Å². The maximum atomic E-state index is 12.1. The second kappa shape index (κ2) is 7.01. The lowest BCUT2D eigenvalue weighted by atomic mass is 10.0. The van der Waals surface area contributed by atoms with Crippen molar-refractivity contribution in [1.82, 2.24) is 9.62 Å². The summed E-state index contributed by atoms with van der Waals surface area (Å²) in [5, 5.41) is 0. The minimum Gasteiger partial charge on any atom is -0.299 e. The van der Waals surface area contributed by atoms with Crippen molar-refractivity contribution in [2.24, 2.45) is 4.99 Å². The molecule has 1 unspecified atom stereocenters. The summed E-state index contributed by atoms with van der Waals surface area (Å²) in [5.41, 5.74) is 0.698. The van der Waals surface area contributed by atoms with Crippen LogP contribution in [0.3, 0.4) is 0 Å². The number of likely N-dealkylation sites (tertiary alicyclic amines) is 1. The van der Waals surface area contributed by atoms with E-state index in [-0.39, 0.29) is 0 Å². The average Bonchev–Trinajstić information content (AvgIpc) is 2.83. The summed E-state index contributed by atoms with van der Waals surface area (Å²) in [6.07, 6.45) is 6.05. The molecule has 6 heteroatoms. The van der Waals surface area contributed by atoms with E-state index in [1.807, 2.05) is 12.1 Å². The second-order valence-corrected chi connectivity index (χ2v) is 7.98. The van der Waals surface area contributed by atoms with Gasteiger partial charge < -0.3 is 0 Å². The van der Waals surface area contributed by atoms with Crippen LogP contribution >= 0.6 is 0 Å². The molecule has 0 bridgehead atoms. The standard InChI is InChI=1S/C17H25N3O2S/c1-2-3-11-20-12-7-6-8-14(20)13-18-17-15-9-4-5-10-16(15)23(21,22)19-17/h4-5,9-10,14H,2-3,6-8,11-13H2,1H3,(H,18,19). The molecule has 126 valence electrons. The van der Waals surface area contributed by atoms with Gasteiger partial charge >= 0.3 is 0 Å². The molecule has 1 N–H and O–H groups in total. The molecular weight excluding hydrogens is 310 g/mol. The minimum atomic E-state index is -3.43. The number of fused-ring (bicyclic) bond motifs is 1. The average molecular weight is 335 g/mol. The number of benzene rings is 1. The number of aliphatic imine (C=N–C) groups is 1. The lowest BCUT2D eigenvalue weighted by Gasteiger charge is -2.34. The number of rotatable bonds is 5. The summed E-state index contributed by atoms with van der Waals surface area (Å²) < 4.78 is 26.8. The third-order valence-corrected chi connectivity index (χ3v) is 6.07. The molecule has 1 aromatic carbocycles. The van der Waals surface area contributed by atoms with E-state index in [4.69, 9.17) is 0 Å². The lowest BCUT2D eigenvalue weighted by molar-refractivity contribution is 0.151. The largest absolute Gasteiger partial charge is 0.299 e. The minimum absolute atomic E-state index is 0.338. The van der Waals surface area contributed by atoms with Crippen LogP contribution in [0.2, 0.25) is 0 Å². The molecule has 0 aliphatic carbocycles. The molecule has 1 aromatic rings. The molecule has 23 heavy (non-hydrogen) atoms. The fraction of sp³-hybridized carbons (Fsp3) is 0.588. The van der Waals surface area contributed by atoms with Crippen LogP contribution in [0.4, 0.5) is 0 Å². The summed E-state index contributed by atoms with van der Waals surface area (Å²) in [6, 6.07) is 7.48. The van der Waals surface area contributed by atoms with Gasteiger partial charge in [0.25, 0.3) is 10.0 Å². The van der Waals surface area contributed by atoms with Crippen molar-refractivity contribution in [3.05, 3.63) is 29.8 Å². The van der Waals surface area contributed by atoms with Crippen molar-refractivity contribution in [2.75, 3.05) is 19.6 Å². The molecule has 5 nitrogen and oxygen atoms in total. The Morgan fingerprint density at radius 2 is 2.13 bits per heavy atom. The fourth-order valence-electron chi connectivity index (χ4n) is 3.37. The Hall–Kier alpha value is -1.40. The monoisotopic (exact) mass is 335 g/mol. The van der Waals surface area contributed by atoms with Crippen molar-refractivity contribution in [1.29, 1.82) is 0 Å². The predicted molar refractivity (Wildman–Crippen MR) is 92.3 cm³/mol. The van der Waals surface area contributed by atoms with Crippen molar-refractivity contribution < 1.29 is 8.42 Å². The normalized spacial score (nSPS) is 25.3. The van der Waals surface area contributed by atoms with Gasteiger partial charge in [0.2, 0.25) is 0 Å². The fourth-order valence-corrected chi connectivity index (χ4v) is 4.62. The zero-order valence-electron chi connectivity index (χ0n) is 13.7. The molecule has 0 aromatic heterocycles. The number of nitrogens with zero attached hydrogens (tertiary/aromatic N) is 2. The zero-order valence-corrected chi connectivity index (χ0v) is 14.5. The first kappa shape index (κ1) is 16.5. The van der Waals surface area contributed by atoms with Gasteiger partial charge in [-0.3, -0.25) is 14.6 Å². The Morgan fingerprint density at radius 3 is 2.96 bits per heavy atom. The maximum absolute atomic E-state index is 12.1. The Morgan fingerprint density at radius 1 is 1.30 bits per heavy atom. The van der Waals surface area contributed by atoms with Crippen LogP contribution in [0.25, 0.3) is 0 Å². The SMILES string of the molecule is CCCCN1CCCCC1CN=C1NS(=O)(=O)c2ccccc21. The molecule has 0 saturated carbocycles. The highest BCUT2D eigenvalue weighted by Gasteiger charge is 2.30. The van der Waals surface area contributed by atoms with E-state index in [1.54, 1.807) is 12.1 Å². The molecular formula is C17H25N3O2S. The van der Waals surface area contributed by atoms with E-state index in [1.165, 1.54) is 25.7 Å². The Balaban J connectivity index is 1.75. The molecule has 2 heterocycles. The first-order valence-corrected chi connectivity index (χ1v) is 10.0. The van der Waals surface area contributed by atoms with E-state index in [9.17, 15) is 8.42 Å². The van der Waals surface area contributed by atoms with Gasteiger partial charge in [-0.05, 0) is 44.5 Å². The predicted octanol–water partition coefficient (Wildman–Crippen LogP) is 2.38. The van der Waals surface area contributed by atoms with Crippen LogP contribution in [0.5, 0.6) is 0 Å². The Kier molecular flexibility index (Phi) is 5.02. The lowest BCUT2D eigenvalue weighted by Crippen LogP contribution is -2.42. The van der Waals surface area contributed by atoms with Gasteiger partial charge in [0.1, 0.15) is 5.84 Å². The van der Waals surface area contributed by atoms with Crippen molar-refractivity contribution in [3.63, 3.8) is 0 Å². The van der Waals surface area contributed by atoms with Gasteiger partial charge in [0.15, 0.2) is 0 Å². The van der Waals surface area contributed by atoms with Crippen LogP contribution in [0.15, 0.2) is 34.2 Å². The first-order chi connectivity index (χ1) is 11.1. The van der Waals surface area contributed by atoms with Gasteiger partial charge in [0, 0.05) is 11.6 Å². The van der Waals surface area contributed by atoms with E-state index in [0.717, 1.165) is 19.5 Å². The van der Waals surface area contributed by atoms with Crippen LogP contribution in [-0.4, -0.2) is 44.8 Å². The highest BCUT2D eigenvalue weighted by Crippen LogP contribution is 2.23. The molecule has 0 spiro atoms. The molecule has 1 saturated heterocycles. The first-order valence-electron chi connectivity index (χ1n) is 8.52. The second-order valence-electron chi connectivity index (χ2n) is 6.33. The number of piperidine rings is 1. The van der Waals surface area contributed by atoms with E-state index in [0.29, 0.717) is 28.9 Å². The summed E-state index contributed by atoms with van der Waals surface area (Å²) >= 11 is 0. The summed E-state index contributed by atoms with van der Waals surface area (Å²) in [6.45, 7) is 5.13. The van der Waals surface area contributed by atoms with Crippen LogP contribution in [0, 0.1) is 0 Å². The highest BCUT2D eigenvalue weighted by atomic mass is 32.2. The molecule has 3 rings (SSSR count). The molecule has 2 aliphatic rings. The quantitative estimate of drug-likeness (QED) is 0.899. The number of amidine groups is 1. The number of hydrogen-bond donors (Lipinski definition) is 1. The van der Waals surface area contributed by atoms with Gasteiger partial charge in [-0.2, -0.15) is 0 Å². The number of nitrogens with one attached hydrogen (secondary N) is 1. The van der Waals surface area contributed by atoms with Gasteiger partial charge in [-0.1, -0.05) is 31.9 Å². The smallest absolute Gasteiger partial charge is 0.263 e. The zero-order chi connectivity index (χ0) is 16.3. The Bertz CT molecular complexity index is 685. The van der Waals surface area contributed by atoms with Gasteiger partial charge in [0.05, 0.1) is 11.4 Å². The summed E-state index contributed by atoms with van der Waals surface area (Å²) in [5.74, 6) is 0.501. The van der Waals surface area contributed by atoms with Gasteiger partial charge in [-0.25, -0.2) is 8.42 Å². The van der Waals surface area contributed by atoms with E-state index < -0.39 is 10.0 Å². The summed E-state index contributed by atoms with van der Waals surface area (Å²) in [7, 11) is -3.43. The van der Waals surface area contributed by atoms with Crippen LogP contribution in [0.1, 0.15) is 44.6 Å². The number of sulfonamides is 1. The number of unbranched alkanes of at least 4 members (excludes halogenated alkanes) is 1. The topological polar surface area (TPSA) is 61.8 Å². The molecule has 1 atom stereocenters.